The maximum Gasteiger partial charge on any atom is 0.230 e. The second-order valence-electron chi connectivity index (χ2n) is 6.57. The van der Waals surface area contributed by atoms with Gasteiger partial charge in [0.2, 0.25) is 5.91 Å². The molecule has 5 nitrogen and oxygen atoms in total. The van der Waals surface area contributed by atoms with Gasteiger partial charge < -0.3 is 9.88 Å². The molecule has 1 amide bonds. The molecule has 20 heavy (non-hydrogen) atoms. The molecule has 6 heteroatoms. The van der Waals surface area contributed by atoms with Crippen LogP contribution in [-0.2, 0) is 4.79 Å². The quantitative estimate of drug-likeness (QED) is 0.849. The molecule has 1 aromatic heterocycles. The van der Waals surface area contributed by atoms with Crippen molar-refractivity contribution in [3.63, 3.8) is 0 Å². The molecule has 0 aromatic carbocycles. The Hall–Kier alpha value is -1.04. The van der Waals surface area contributed by atoms with Crippen molar-refractivity contribution in [1.82, 2.24) is 20.1 Å². The molecular formula is C14H24N4OS. The highest BCUT2D eigenvalue weighted by Gasteiger charge is 2.31. The molecule has 1 aliphatic rings. The topological polar surface area (TPSA) is 59.8 Å². The van der Waals surface area contributed by atoms with Crippen LogP contribution in [-0.4, -0.2) is 32.5 Å². The van der Waals surface area contributed by atoms with Crippen LogP contribution in [0.5, 0.6) is 0 Å². The molecule has 2 rings (SSSR count). The van der Waals surface area contributed by atoms with Crippen LogP contribution < -0.4 is 5.32 Å². The van der Waals surface area contributed by atoms with Crippen molar-refractivity contribution in [3.05, 3.63) is 6.33 Å². The van der Waals surface area contributed by atoms with Crippen molar-refractivity contribution in [2.75, 3.05) is 5.75 Å². The van der Waals surface area contributed by atoms with Crippen molar-refractivity contribution < 1.29 is 4.79 Å². The smallest absolute Gasteiger partial charge is 0.230 e. The Labute approximate surface area is 124 Å². The Morgan fingerprint density at radius 3 is 2.95 bits per heavy atom. The molecule has 112 valence electrons. The summed E-state index contributed by atoms with van der Waals surface area (Å²) in [5, 5.41) is 11.9. The van der Waals surface area contributed by atoms with Crippen LogP contribution in [0.2, 0.25) is 0 Å². The van der Waals surface area contributed by atoms with Crippen LogP contribution in [0.25, 0.3) is 0 Å². The van der Waals surface area contributed by atoms with Crippen molar-refractivity contribution >= 4 is 17.7 Å². The lowest BCUT2D eigenvalue weighted by Gasteiger charge is -2.17. The summed E-state index contributed by atoms with van der Waals surface area (Å²) in [6.07, 6.45) is 5.06. The Bertz CT molecular complexity index is 469. The summed E-state index contributed by atoms with van der Waals surface area (Å²) in [5.74, 6) is 0.499. The zero-order valence-corrected chi connectivity index (χ0v) is 13.5. The molecule has 0 spiro atoms. The van der Waals surface area contributed by atoms with Gasteiger partial charge >= 0.3 is 0 Å². The SMILES string of the molecule is CC(C)n1cnnc1SCC(=O)NC1CCC(C)(C)C1. The lowest BCUT2D eigenvalue weighted by atomic mass is 9.92. The van der Waals surface area contributed by atoms with Crippen molar-refractivity contribution in [2.24, 2.45) is 5.41 Å². The average molecular weight is 296 g/mol. The average Bonchev–Trinajstić information content (AvgIpc) is 2.93. The molecule has 0 aliphatic heterocycles. The van der Waals surface area contributed by atoms with Gasteiger partial charge in [-0.3, -0.25) is 4.79 Å². The Morgan fingerprint density at radius 2 is 2.35 bits per heavy atom. The lowest BCUT2D eigenvalue weighted by Crippen LogP contribution is -2.34. The van der Waals surface area contributed by atoms with Gasteiger partial charge in [0.15, 0.2) is 5.16 Å². The van der Waals surface area contributed by atoms with Gasteiger partial charge in [0, 0.05) is 12.1 Å². The molecule has 1 aromatic rings. The second kappa shape index (κ2) is 6.16. The van der Waals surface area contributed by atoms with Crippen LogP contribution >= 0.6 is 11.8 Å². The predicted molar refractivity (Wildman–Crippen MR) is 80.7 cm³/mol. The summed E-state index contributed by atoms with van der Waals surface area (Å²) < 4.78 is 1.98. The fourth-order valence-corrected chi connectivity index (χ4v) is 3.50. The highest BCUT2D eigenvalue weighted by atomic mass is 32.2. The normalized spacial score (nSPS) is 21.4. The minimum atomic E-state index is 0.0935. The van der Waals surface area contributed by atoms with Crippen molar-refractivity contribution in [2.45, 2.75) is 64.2 Å². The van der Waals surface area contributed by atoms with Crippen LogP contribution in [0.3, 0.4) is 0 Å². The van der Waals surface area contributed by atoms with Gasteiger partial charge in [-0.15, -0.1) is 10.2 Å². The van der Waals surface area contributed by atoms with Crippen LogP contribution in [0.15, 0.2) is 11.5 Å². The zero-order valence-electron chi connectivity index (χ0n) is 12.7. The molecule has 1 fully saturated rings. The Kier molecular flexibility index (Phi) is 4.73. The van der Waals surface area contributed by atoms with E-state index in [2.05, 4.69) is 43.2 Å². The standard InChI is InChI=1S/C14H24N4OS/c1-10(2)18-9-15-17-13(18)20-8-12(19)16-11-5-6-14(3,4)7-11/h9-11H,5-8H2,1-4H3,(H,16,19). The second-order valence-corrected chi connectivity index (χ2v) is 7.52. The minimum Gasteiger partial charge on any atom is -0.353 e. The molecule has 0 bridgehead atoms. The monoisotopic (exact) mass is 296 g/mol. The van der Waals surface area contributed by atoms with E-state index in [-0.39, 0.29) is 5.91 Å². The van der Waals surface area contributed by atoms with E-state index in [9.17, 15) is 4.79 Å². The lowest BCUT2D eigenvalue weighted by molar-refractivity contribution is -0.119. The minimum absolute atomic E-state index is 0.0935. The number of nitrogens with one attached hydrogen (secondary N) is 1. The van der Waals surface area contributed by atoms with E-state index in [4.69, 9.17) is 0 Å². The van der Waals surface area contributed by atoms with E-state index in [1.807, 2.05) is 4.57 Å². The van der Waals surface area contributed by atoms with Gasteiger partial charge in [-0.1, -0.05) is 25.6 Å². The highest BCUT2D eigenvalue weighted by molar-refractivity contribution is 7.99. The van der Waals surface area contributed by atoms with Gasteiger partial charge in [-0.05, 0) is 38.5 Å². The van der Waals surface area contributed by atoms with E-state index >= 15 is 0 Å². The highest BCUT2D eigenvalue weighted by Crippen LogP contribution is 2.36. The first-order valence-electron chi connectivity index (χ1n) is 7.19. The van der Waals surface area contributed by atoms with Gasteiger partial charge in [-0.25, -0.2) is 0 Å². The van der Waals surface area contributed by atoms with Gasteiger partial charge in [0.05, 0.1) is 5.75 Å². The number of hydrogen-bond acceptors (Lipinski definition) is 4. The number of carbonyl (C=O) groups excluding carboxylic acids is 1. The number of aromatic nitrogens is 3. The van der Waals surface area contributed by atoms with Gasteiger partial charge in [-0.2, -0.15) is 0 Å². The molecule has 1 heterocycles. The first-order chi connectivity index (χ1) is 9.37. The molecule has 1 unspecified atom stereocenters. The zero-order chi connectivity index (χ0) is 14.8. The molecule has 1 saturated carbocycles. The fourth-order valence-electron chi connectivity index (χ4n) is 2.65. The molecule has 0 saturated heterocycles. The third-order valence-corrected chi connectivity index (χ3v) is 4.72. The third-order valence-electron chi connectivity index (χ3n) is 3.76. The maximum absolute atomic E-state index is 12.0. The number of amides is 1. The summed E-state index contributed by atoms with van der Waals surface area (Å²) in [6, 6.07) is 0.646. The summed E-state index contributed by atoms with van der Waals surface area (Å²) in [6.45, 7) is 8.68. The van der Waals surface area contributed by atoms with Crippen LogP contribution in [0.1, 0.15) is 53.0 Å². The fraction of sp³-hybridized carbons (Fsp3) is 0.786. The summed E-state index contributed by atoms with van der Waals surface area (Å²) in [5.41, 5.74) is 0.364. The Morgan fingerprint density at radius 1 is 1.60 bits per heavy atom. The maximum atomic E-state index is 12.0. The number of carbonyl (C=O) groups is 1. The van der Waals surface area contributed by atoms with E-state index in [0.29, 0.717) is 23.3 Å². The molecule has 1 aliphatic carbocycles. The molecule has 0 radical (unpaired) electrons. The molecular weight excluding hydrogens is 272 g/mol. The van der Waals surface area contributed by atoms with E-state index in [1.54, 1.807) is 6.33 Å². The summed E-state index contributed by atoms with van der Waals surface area (Å²) in [4.78, 5) is 12.0. The van der Waals surface area contributed by atoms with Crippen LogP contribution in [0.4, 0.5) is 0 Å². The number of hydrogen-bond donors (Lipinski definition) is 1. The van der Waals surface area contributed by atoms with Gasteiger partial charge in [0.1, 0.15) is 6.33 Å². The summed E-state index contributed by atoms with van der Waals surface area (Å²) in [7, 11) is 0. The summed E-state index contributed by atoms with van der Waals surface area (Å²) >= 11 is 1.45. The van der Waals surface area contributed by atoms with Crippen molar-refractivity contribution in [1.29, 1.82) is 0 Å². The molecule has 1 atom stereocenters. The molecule has 1 N–H and O–H groups in total. The third kappa shape index (κ3) is 3.98. The van der Waals surface area contributed by atoms with E-state index in [1.165, 1.54) is 18.2 Å². The van der Waals surface area contributed by atoms with E-state index < -0.39 is 0 Å². The Balaban J connectivity index is 1.79. The van der Waals surface area contributed by atoms with E-state index in [0.717, 1.165) is 18.0 Å². The van der Waals surface area contributed by atoms with Gasteiger partial charge in [0.25, 0.3) is 0 Å². The van der Waals surface area contributed by atoms with Crippen molar-refractivity contribution in [3.8, 4) is 0 Å². The first-order valence-corrected chi connectivity index (χ1v) is 8.17. The number of nitrogens with zero attached hydrogens (tertiary/aromatic N) is 3. The predicted octanol–water partition coefficient (Wildman–Crippen LogP) is 2.65. The number of rotatable bonds is 5. The largest absolute Gasteiger partial charge is 0.353 e. The number of thioether (sulfide) groups is 1. The first kappa shape index (κ1) is 15.4. The van der Waals surface area contributed by atoms with Crippen LogP contribution in [0, 0.1) is 5.41 Å².